The number of rotatable bonds is 6. The number of amides is 3. The molecule has 5 rings (SSSR count). The van der Waals surface area contributed by atoms with Gasteiger partial charge in [-0.2, -0.15) is 5.26 Å². The van der Waals surface area contributed by atoms with Crippen molar-refractivity contribution in [1.82, 2.24) is 14.9 Å². The van der Waals surface area contributed by atoms with Gasteiger partial charge in [-0.05, 0) is 30.9 Å². The average Bonchev–Trinajstić information content (AvgIpc) is 3.56. The Labute approximate surface area is 213 Å². The van der Waals surface area contributed by atoms with Gasteiger partial charge in [0.1, 0.15) is 30.0 Å². The lowest BCUT2D eigenvalue weighted by Gasteiger charge is -2.29. The number of fused-ring (bicyclic) bond motifs is 1. The van der Waals surface area contributed by atoms with E-state index in [9.17, 15) is 19.6 Å². The van der Waals surface area contributed by atoms with Crippen LogP contribution < -0.4 is 15.1 Å². The average molecular weight is 506 g/mol. The second kappa shape index (κ2) is 10.4. The molecule has 0 spiro atoms. The number of urea groups is 1. The molecule has 12 heteroatoms. The van der Waals surface area contributed by atoms with Gasteiger partial charge in [-0.3, -0.25) is 15.0 Å². The third-order valence-corrected chi connectivity index (χ3v) is 6.89. The number of ether oxygens (including phenoxy) is 2. The zero-order valence-corrected chi connectivity index (χ0v) is 20.5. The van der Waals surface area contributed by atoms with Gasteiger partial charge in [0.05, 0.1) is 30.4 Å². The van der Waals surface area contributed by atoms with E-state index in [-0.39, 0.29) is 18.3 Å². The summed E-state index contributed by atoms with van der Waals surface area (Å²) in [4.78, 5) is 50.8. The Hall–Kier alpha value is -4.24. The highest BCUT2D eigenvalue weighted by atomic mass is 16.6. The first kappa shape index (κ1) is 24.5. The van der Waals surface area contributed by atoms with Crippen molar-refractivity contribution in [3.63, 3.8) is 0 Å². The van der Waals surface area contributed by atoms with Gasteiger partial charge in [0, 0.05) is 44.6 Å². The number of carbonyl (C=O) groups is 3. The maximum atomic E-state index is 13.3. The lowest BCUT2D eigenvalue weighted by molar-refractivity contribution is 0.111. The summed E-state index contributed by atoms with van der Waals surface area (Å²) in [5.41, 5.74) is 2.74. The summed E-state index contributed by atoms with van der Waals surface area (Å²) in [6, 6.07) is 5.27. The van der Waals surface area contributed by atoms with Crippen LogP contribution in [0.25, 0.3) is 0 Å². The van der Waals surface area contributed by atoms with Crippen LogP contribution in [-0.4, -0.2) is 79.3 Å². The second-order valence-corrected chi connectivity index (χ2v) is 9.15. The number of nitrogens with zero attached hydrogens (tertiary/aromatic N) is 6. The number of aromatic nitrogens is 2. The molecule has 3 amide bonds. The molecule has 0 unspecified atom stereocenters. The number of cyclic esters (lactones) is 1. The van der Waals surface area contributed by atoms with Crippen molar-refractivity contribution in [2.75, 3.05) is 55.0 Å². The van der Waals surface area contributed by atoms with Gasteiger partial charge < -0.3 is 19.3 Å². The summed E-state index contributed by atoms with van der Waals surface area (Å²) in [6.07, 6.45) is 4.01. The van der Waals surface area contributed by atoms with Gasteiger partial charge in [-0.1, -0.05) is 0 Å². The smallest absolute Gasteiger partial charge is 0.410 e. The van der Waals surface area contributed by atoms with Gasteiger partial charge in [-0.25, -0.2) is 19.6 Å². The molecule has 1 N–H and O–H groups in total. The molecule has 0 aromatic carbocycles. The number of carbonyl (C=O) groups excluding carboxylic acids is 3. The van der Waals surface area contributed by atoms with E-state index in [0.29, 0.717) is 73.8 Å². The highest BCUT2D eigenvalue weighted by Crippen LogP contribution is 2.30. The minimum Gasteiger partial charge on any atom is -0.448 e. The molecule has 1 atom stereocenters. The van der Waals surface area contributed by atoms with Crippen molar-refractivity contribution in [2.45, 2.75) is 31.9 Å². The Morgan fingerprint density at radius 1 is 1.35 bits per heavy atom. The van der Waals surface area contributed by atoms with Gasteiger partial charge in [0.15, 0.2) is 6.29 Å². The molecule has 3 aliphatic rings. The van der Waals surface area contributed by atoms with E-state index in [2.05, 4.69) is 26.3 Å². The fourth-order valence-corrected chi connectivity index (χ4v) is 4.94. The molecule has 2 fully saturated rings. The summed E-state index contributed by atoms with van der Waals surface area (Å²) < 4.78 is 10.4. The van der Waals surface area contributed by atoms with Crippen molar-refractivity contribution in [3.8, 4) is 6.07 Å². The zero-order valence-electron chi connectivity index (χ0n) is 20.5. The van der Waals surface area contributed by atoms with Crippen molar-refractivity contribution < 1.29 is 23.9 Å². The second-order valence-electron chi connectivity index (χ2n) is 9.15. The Morgan fingerprint density at radius 3 is 2.92 bits per heavy atom. The first-order chi connectivity index (χ1) is 18.0. The Morgan fingerprint density at radius 2 is 2.22 bits per heavy atom. The molecule has 2 aromatic rings. The summed E-state index contributed by atoms with van der Waals surface area (Å²) in [6.45, 7) is 2.80. The van der Waals surface area contributed by atoms with Crippen molar-refractivity contribution in [3.05, 3.63) is 40.7 Å². The largest absolute Gasteiger partial charge is 0.448 e. The molecule has 0 aliphatic carbocycles. The van der Waals surface area contributed by atoms with Crippen LogP contribution in [0, 0.1) is 11.3 Å². The fraction of sp³-hybridized carbons (Fsp3) is 0.440. The van der Waals surface area contributed by atoms with E-state index in [1.165, 1.54) is 16.0 Å². The number of nitriles is 1. The van der Waals surface area contributed by atoms with Crippen LogP contribution in [0.3, 0.4) is 0 Å². The number of hydrogen-bond acceptors (Lipinski definition) is 9. The van der Waals surface area contributed by atoms with Crippen molar-refractivity contribution >= 4 is 35.7 Å². The molecule has 192 valence electrons. The maximum Gasteiger partial charge on any atom is 0.410 e. The van der Waals surface area contributed by atoms with Crippen LogP contribution in [0.1, 0.15) is 40.0 Å². The highest BCUT2D eigenvalue weighted by molar-refractivity contribution is 6.02. The van der Waals surface area contributed by atoms with Crippen LogP contribution in [0.2, 0.25) is 0 Å². The van der Waals surface area contributed by atoms with E-state index in [4.69, 9.17) is 9.47 Å². The fourth-order valence-electron chi connectivity index (χ4n) is 4.94. The number of hydrogen-bond donors (Lipinski definition) is 1. The van der Waals surface area contributed by atoms with Gasteiger partial charge in [-0.15, -0.1) is 0 Å². The summed E-state index contributed by atoms with van der Waals surface area (Å²) in [5, 5.41) is 12.4. The van der Waals surface area contributed by atoms with Gasteiger partial charge in [0.25, 0.3) is 0 Å². The third kappa shape index (κ3) is 4.90. The molecule has 2 saturated heterocycles. The summed E-state index contributed by atoms with van der Waals surface area (Å²) in [5.74, 6) is 0.724. The predicted octanol–water partition coefficient (Wildman–Crippen LogP) is 2.32. The molecule has 3 aliphatic heterocycles. The molecular weight excluding hydrogens is 478 g/mol. The number of aryl methyl sites for hydroxylation is 1. The SMILES string of the molecule is CO[C@H]1CCN(c2cc(NC(=O)N3CCCc4cc(CN5CCOC5=O)c(C=O)nc43)ncc2C#N)C1. The number of anilines is 3. The first-order valence-corrected chi connectivity index (χ1v) is 12.2. The van der Waals surface area contributed by atoms with Gasteiger partial charge >= 0.3 is 12.1 Å². The third-order valence-electron chi connectivity index (χ3n) is 6.89. The predicted molar refractivity (Wildman–Crippen MR) is 133 cm³/mol. The summed E-state index contributed by atoms with van der Waals surface area (Å²) >= 11 is 0. The first-order valence-electron chi connectivity index (χ1n) is 12.2. The zero-order chi connectivity index (χ0) is 25.9. The number of pyridine rings is 2. The molecule has 0 radical (unpaired) electrons. The number of nitrogens with one attached hydrogen (secondary N) is 1. The molecule has 5 heterocycles. The normalized spacial score (nSPS) is 18.9. The lowest BCUT2D eigenvalue weighted by atomic mass is 10.0. The lowest BCUT2D eigenvalue weighted by Crippen LogP contribution is -2.40. The Bertz CT molecular complexity index is 1280. The number of aldehydes is 1. The minimum atomic E-state index is -0.430. The molecule has 0 saturated carbocycles. The maximum absolute atomic E-state index is 13.3. The van der Waals surface area contributed by atoms with Crippen LogP contribution in [0.5, 0.6) is 0 Å². The Kier molecular flexibility index (Phi) is 6.87. The van der Waals surface area contributed by atoms with Crippen molar-refractivity contribution in [2.24, 2.45) is 0 Å². The minimum absolute atomic E-state index is 0.0849. The standard InChI is InChI=1S/C25H27N7O5/c1-36-19-4-6-30(14-19)21-10-22(27-12-18(21)11-26)29-24(34)32-5-2-3-16-9-17(20(15-33)28-23(16)32)13-31-7-8-37-25(31)35/h9-10,12,15,19H,2-8,13-14H2,1H3,(H,27,29,34)/t19-/m0/s1. The van der Waals surface area contributed by atoms with E-state index in [0.717, 1.165) is 18.5 Å². The van der Waals surface area contributed by atoms with E-state index in [1.54, 1.807) is 13.2 Å². The molecule has 2 aromatic heterocycles. The van der Waals surface area contributed by atoms with Crippen LogP contribution in [0.15, 0.2) is 18.3 Å². The van der Waals surface area contributed by atoms with Crippen molar-refractivity contribution in [1.29, 1.82) is 5.26 Å². The van der Waals surface area contributed by atoms with Gasteiger partial charge in [0.2, 0.25) is 0 Å². The summed E-state index contributed by atoms with van der Waals surface area (Å²) in [7, 11) is 1.67. The molecule has 12 nitrogen and oxygen atoms in total. The molecule has 37 heavy (non-hydrogen) atoms. The molecular formula is C25H27N7O5. The Balaban J connectivity index is 1.37. The van der Waals surface area contributed by atoms with E-state index < -0.39 is 12.1 Å². The van der Waals surface area contributed by atoms with Crippen LogP contribution in [0.4, 0.5) is 26.9 Å². The topological polar surface area (TPSA) is 141 Å². The quantitative estimate of drug-likeness (QED) is 0.586. The highest BCUT2D eigenvalue weighted by Gasteiger charge is 2.29. The van der Waals surface area contributed by atoms with Crippen LogP contribution >= 0.6 is 0 Å². The van der Waals surface area contributed by atoms with Crippen LogP contribution in [-0.2, 0) is 22.4 Å². The monoisotopic (exact) mass is 505 g/mol. The van der Waals surface area contributed by atoms with E-state index >= 15 is 0 Å². The van der Waals surface area contributed by atoms with E-state index in [1.807, 2.05) is 6.07 Å². The molecule has 0 bridgehead atoms. The number of methoxy groups -OCH3 is 1.